The van der Waals surface area contributed by atoms with Crippen LogP contribution in [0.1, 0.15) is 5.82 Å². The molecule has 2 rings (SSSR count). The highest BCUT2D eigenvalue weighted by Gasteiger charge is 2.20. The molecular formula is C13H21N5O3. The Hall–Kier alpha value is -1.93. The van der Waals surface area contributed by atoms with Crippen LogP contribution in [0, 0.1) is 10.1 Å². The molecule has 0 aromatic carbocycles. The maximum Gasteiger partial charge on any atom is 0.343 e. The van der Waals surface area contributed by atoms with E-state index >= 15 is 0 Å². The van der Waals surface area contributed by atoms with Crippen LogP contribution < -0.4 is 0 Å². The number of nitrogens with zero attached hydrogens (tertiary/aromatic N) is 5. The maximum absolute atomic E-state index is 11.1. The Balaban J connectivity index is 2.10. The first kappa shape index (κ1) is 15.5. The molecule has 0 bridgehead atoms. The summed E-state index contributed by atoms with van der Waals surface area (Å²) in [6.07, 6.45) is 4.93. The second-order valence-electron chi connectivity index (χ2n) is 5.12. The third-order valence-corrected chi connectivity index (χ3v) is 3.32. The summed E-state index contributed by atoms with van der Waals surface area (Å²) in [6, 6.07) is 0. The van der Waals surface area contributed by atoms with Crippen LogP contribution in [0.5, 0.6) is 0 Å². The summed E-state index contributed by atoms with van der Waals surface area (Å²) < 4.78 is 6.95. The van der Waals surface area contributed by atoms with E-state index in [0.29, 0.717) is 12.4 Å². The number of nitro groups is 1. The number of hydrogen-bond acceptors (Lipinski definition) is 6. The molecule has 0 aliphatic carbocycles. The molecule has 116 valence electrons. The van der Waals surface area contributed by atoms with Crippen molar-refractivity contribution in [1.29, 1.82) is 0 Å². The van der Waals surface area contributed by atoms with Crippen molar-refractivity contribution < 1.29 is 9.66 Å². The molecule has 0 spiro atoms. The van der Waals surface area contributed by atoms with Gasteiger partial charge in [0.2, 0.25) is 5.82 Å². The minimum absolute atomic E-state index is 0.0293. The van der Waals surface area contributed by atoms with Crippen LogP contribution in [0.15, 0.2) is 12.4 Å². The molecule has 1 aliphatic rings. The number of aromatic nitrogens is 2. The Bertz CT molecular complexity index is 506. The van der Waals surface area contributed by atoms with Gasteiger partial charge in [0.05, 0.1) is 13.2 Å². The van der Waals surface area contributed by atoms with Crippen LogP contribution in [0.25, 0.3) is 6.08 Å². The van der Waals surface area contributed by atoms with E-state index in [1.807, 2.05) is 25.2 Å². The lowest BCUT2D eigenvalue weighted by Crippen LogP contribution is -2.38. The molecule has 1 saturated heterocycles. The van der Waals surface area contributed by atoms with E-state index in [0.717, 1.165) is 32.8 Å². The van der Waals surface area contributed by atoms with Gasteiger partial charge in [0.15, 0.2) is 0 Å². The molecule has 1 aliphatic heterocycles. The van der Waals surface area contributed by atoms with Gasteiger partial charge in [-0.1, -0.05) is 0 Å². The highest BCUT2D eigenvalue weighted by molar-refractivity contribution is 5.43. The Morgan fingerprint density at radius 1 is 1.43 bits per heavy atom. The molecule has 1 aromatic rings. The van der Waals surface area contributed by atoms with Gasteiger partial charge in [-0.2, -0.15) is 0 Å². The molecule has 21 heavy (non-hydrogen) atoms. The van der Waals surface area contributed by atoms with Crippen LogP contribution >= 0.6 is 0 Å². The number of morpholine rings is 1. The average molecular weight is 295 g/mol. The Kier molecular flexibility index (Phi) is 5.29. The highest BCUT2D eigenvalue weighted by Crippen LogP contribution is 2.15. The van der Waals surface area contributed by atoms with Crippen LogP contribution in [0.3, 0.4) is 0 Å². The zero-order chi connectivity index (χ0) is 15.2. The van der Waals surface area contributed by atoms with E-state index in [-0.39, 0.29) is 10.7 Å². The molecule has 0 N–H and O–H groups in total. The largest absolute Gasteiger partial charge is 0.383 e. The fourth-order valence-electron chi connectivity index (χ4n) is 2.17. The standard InChI is InChI=1S/C13H21N5O3/c1-15(2)4-3-12-14-11-13(18(19)20)17(12)6-5-16-7-9-21-10-8-16/h3-4,11H,5-10H2,1-2H3. The first-order chi connectivity index (χ1) is 10.1. The van der Waals surface area contributed by atoms with Gasteiger partial charge in [0, 0.05) is 46.0 Å². The second kappa shape index (κ2) is 7.19. The highest BCUT2D eigenvalue weighted by atomic mass is 16.6. The van der Waals surface area contributed by atoms with E-state index in [4.69, 9.17) is 4.74 Å². The Labute approximate surface area is 123 Å². The summed E-state index contributed by atoms with van der Waals surface area (Å²) in [5.41, 5.74) is 0. The molecule has 0 saturated carbocycles. The molecule has 0 radical (unpaired) electrons. The zero-order valence-corrected chi connectivity index (χ0v) is 12.4. The summed E-state index contributed by atoms with van der Waals surface area (Å²) in [5, 5.41) is 11.1. The van der Waals surface area contributed by atoms with E-state index < -0.39 is 0 Å². The fraction of sp³-hybridized carbons (Fsp3) is 0.615. The second-order valence-corrected chi connectivity index (χ2v) is 5.12. The molecule has 1 aromatic heterocycles. The van der Waals surface area contributed by atoms with Gasteiger partial charge in [0.25, 0.3) is 0 Å². The van der Waals surface area contributed by atoms with Gasteiger partial charge in [-0.3, -0.25) is 4.90 Å². The Morgan fingerprint density at radius 2 is 2.14 bits per heavy atom. The van der Waals surface area contributed by atoms with Crippen molar-refractivity contribution in [2.75, 3.05) is 46.9 Å². The minimum Gasteiger partial charge on any atom is -0.383 e. The first-order valence-corrected chi connectivity index (χ1v) is 6.92. The summed E-state index contributed by atoms with van der Waals surface area (Å²) in [7, 11) is 3.79. The van der Waals surface area contributed by atoms with E-state index in [9.17, 15) is 10.1 Å². The normalized spacial score (nSPS) is 16.5. The topological polar surface area (TPSA) is 76.7 Å². The van der Waals surface area contributed by atoms with Gasteiger partial charge in [0.1, 0.15) is 12.7 Å². The predicted octanol–water partition coefficient (Wildman–Crippen LogP) is 0.656. The number of imidazole rings is 1. The quantitative estimate of drug-likeness (QED) is 0.567. The average Bonchev–Trinajstić information content (AvgIpc) is 2.87. The zero-order valence-electron chi connectivity index (χ0n) is 12.4. The monoisotopic (exact) mass is 295 g/mol. The molecule has 8 nitrogen and oxygen atoms in total. The lowest BCUT2D eigenvalue weighted by Gasteiger charge is -2.25. The predicted molar refractivity (Wildman–Crippen MR) is 78.9 cm³/mol. The van der Waals surface area contributed by atoms with Crippen LogP contribution in [-0.2, 0) is 11.3 Å². The van der Waals surface area contributed by atoms with Crippen molar-refractivity contribution in [3.05, 3.63) is 28.3 Å². The minimum atomic E-state index is -0.390. The molecule has 1 fully saturated rings. The van der Waals surface area contributed by atoms with Crippen LogP contribution in [-0.4, -0.2) is 71.2 Å². The van der Waals surface area contributed by atoms with Crippen LogP contribution in [0.4, 0.5) is 5.82 Å². The molecule has 2 heterocycles. The van der Waals surface area contributed by atoms with Gasteiger partial charge >= 0.3 is 5.82 Å². The van der Waals surface area contributed by atoms with Crippen molar-refractivity contribution in [1.82, 2.24) is 19.4 Å². The lowest BCUT2D eigenvalue weighted by atomic mass is 10.4. The van der Waals surface area contributed by atoms with Crippen molar-refractivity contribution in [2.45, 2.75) is 6.54 Å². The molecule has 0 atom stereocenters. The summed E-state index contributed by atoms with van der Waals surface area (Å²) in [6.45, 7) is 4.47. The van der Waals surface area contributed by atoms with Gasteiger partial charge in [-0.15, -0.1) is 0 Å². The number of hydrogen-bond donors (Lipinski definition) is 0. The smallest absolute Gasteiger partial charge is 0.343 e. The first-order valence-electron chi connectivity index (χ1n) is 6.92. The summed E-state index contributed by atoms with van der Waals surface area (Å²) in [4.78, 5) is 19.0. The Morgan fingerprint density at radius 3 is 2.76 bits per heavy atom. The summed E-state index contributed by atoms with van der Waals surface area (Å²) in [5.74, 6) is 0.630. The van der Waals surface area contributed by atoms with E-state index in [1.54, 1.807) is 10.6 Å². The number of rotatable bonds is 6. The van der Waals surface area contributed by atoms with Gasteiger partial charge in [-0.05, 0) is 4.92 Å². The van der Waals surface area contributed by atoms with Crippen molar-refractivity contribution in [3.63, 3.8) is 0 Å². The van der Waals surface area contributed by atoms with E-state index in [2.05, 4.69) is 9.88 Å². The van der Waals surface area contributed by atoms with Crippen molar-refractivity contribution in [3.8, 4) is 0 Å². The molecular weight excluding hydrogens is 274 g/mol. The van der Waals surface area contributed by atoms with Gasteiger partial charge in [-0.25, -0.2) is 9.55 Å². The maximum atomic E-state index is 11.1. The van der Waals surface area contributed by atoms with E-state index in [1.165, 1.54) is 6.20 Å². The summed E-state index contributed by atoms with van der Waals surface area (Å²) >= 11 is 0. The third-order valence-electron chi connectivity index (χ3n) is 3.32. The third kappa shape index (κ3) is 4.27. The lowest BCUT2D eigenvalue weighted by molar-refractivity contribution is -0.392. The van der Waals surface area contributed by atoms with Crippen molar-refractivity contribution >= 4 is 11.9 Å². The fourth-order valence-corrected chi connectivity index (χ4v) is 2.17. The van der Waals surface area contributed by atoms with Crippen molar-refractivity contribution in [2.24, 2.45) is 0 Å². The SMILES string of the molecule is CN(C)C=Cc1ncc([N+](=O)[O-])n1CCN1CCOCC1. The van der Waals surface area contributed by atoms with Crippen LogP contribution in [0.2, 0.25) is 0 Å². The molecule has 0 unspecified atom stereocenters. The number of ether oxygens (including phenoxy) is 1. The van der Waals surface area contributed by atoms with Gasteiger partial charge < -0.3 is 19.8 Å². The molecule has 0 amide bonds. The molecule has 8 heteroatoms.